The van der Waals surface area contributed by atoms with Gasteiger partial charge in [0.15, 0.2) is 0 Å². The summed E-state index contributed by atoms with van der Waals surface area (Å²) in [5.74, 6) is 0.754. The van der Waals surface area contributed by atoms with E-state index in [1.807, 2.05) is 30.3 Å². The highest BCUT2D eigenvalue weighted by atomic mass is 16.1. The summed E-state index contributed by atoms with van der Waals surface area (Å²) >= 11 is 0. The van der Waals surface area contributed by atoms with Gasteiger partial charge in [-0.05, 0) is 37.8 Å². The highest BCUT2D eigenvalue weighted by Crippen LogP contribution is 2.27. The van der Waals surface area contributed by atoms with Crippen LogP contribution in [0.5, 0.6) is 0 Å². The molecule has 1 amide bonds. The molecule has 0 spiro atoms. The molecule has 2 N–H and O–H groups in total. The molecule has 1 atom stereocenters. The number of amides is 1. The van der Waals surface area contributed by atoms with Gasteiger partial charge >= 0.3 is 0 Å². The molecule has 3 heteroatoms. The Kier molecular flexibility index (Phi) is 4.62. The fourth-order valence-electron chi connectivity index (χ4n) is 2.62. The van der Waals surface area contributed by atoms with E-state index in [0.717, 1.165) is 5.69 Å². The number of anilines is 1. The van der Waals surface area contributed by atoms with Crippen LogP contribution in [0.3, 0.4) is 0 Å². The van der Waals surface area contributed by atoms with Gasteiger partial charge in [0.25, 0.3) is 0 Å². The number of rotatable bonds is 5. The van der Waals surface area contributed by atoms with Crippen LogP contribution in [-0.4, -0.2) is 18.5 Å². The van der Waals surface area contributed by atoms with Crippen LogP contribution in [0, 0.1) is 5.92 Å². The first-order valence-electron chi connectivity index (χ1n) is 6.84. The van der Waals surface area contributed by atoms with Crippen molar-refractivity contribution in [2.75, 3.05) is 11.9 Å². The fraction of sp³-hybridized carbons (Fsp3) is 0.533. The molecule has 98 valence electrons. The summed E-state index contributed by atoms with van der Waals surface area (Å²) in [6.45, 7) is 2.47. The molecule has 1 aliphatic carbocycles. The number of hydrogen-bond donors (Lipinski definition) is 2. The average molecular weight is 246 g/mol. The number of benzene rings is 1. The van der Waals surface area contributed by atoms with Crippen LogP contribution in [-0.2, 0) is 4.79 Å². The first-order valence-corrected chi connectivity index (χ1v) is 6.84. The van der Waals surface area contributed by atoms with Crippen molar-refractivity contribution >= 4 is 11.6 Å². The van der Waals surface area contributed by atoms with Gasteiger partial charge in [0.05, 0.1) is 6.54 Å². The minimum Gasteiger partial charge on any atom is -0.376 e. The molecule has 0 heterocycles. The van der Waals surface area contributed by atoms with E-state index < -0.39 is 0 Å². The van der Waals surface area contributed by atoms with Crippen molar-refractivity contribution in [1.29, 1.82) is 0 Å². The van der Waals surface area contributed by atoms with Crippen molar-refractivity contribution < 1.29 is 4.79 Å². The minimum atomic E-state index is 0.0817. The molecule has 1 aromatic carbocycles. The topological polar surface area (TPSA) is 41.1 Å². The normalized spacial score (nSPS) is 17.4. The second-order valence-electron chi connectivity index (χ2n) is 5.12. The Hall–Kier alpha value is -1.51. The van der Waals surface area contributed by atoms with Gasteiger partial charge < -0.3 is 10.6 Å². The maximum absolute atomic E-state index is 11.8. The molecule has 2 rings (SSSR count). The van der Waals surface area contributed by atoms with Crippen LogP contribution < -0.4 is 10.6 Å². The van der Waals surface area contributed by atoms with Crippen LogP contribution in [0.4, 0.5) is 5.69 Å². The number of para-hydroxylation sites is 1. The van der Waals surface area contributed by atoms with E-state index in [2.05, 4.69) is 17.6 Å². The average Bonchev–Trinajstić information content (AvgIpc) is 2.91. The van der Waals surface area contributed by atoms with Crippen LogP contribution >= 0.6 is 0 Å². The molecule has 0 unspecified atom stereocenters. The van der Waals surface area contributed by atoms with Crippen LogP contribution in [0.25, 0.3) is 0 Å². The summed E-state index contributed by atoms with van der Waals surface area (Å²) in [4.78, 5) is 11.8. The maximum Gasteiger partial charge on any atom is 0.239 e. The molecule has 3 nitrogen and oxygen atoms in total. The third-order valence-corrected chi connectivity index (χ3v) is 3.72. The lowest BCUT2D eigenvalue weighted by Crippen LogP contribution is -2.40. The first kappa shape index (κ1) is 12.9. The molecule has 0 aromatic heterocycles. The van der Waals surface area contributed by atoms with Crippen LogP contribution in [0.1, 0.15) is 32.6 Å². The quantitative estimate of drug-likeness (QED) is 0.838. The van der Waals surface area contributed by atoms with Crippen molar-refractivity contribution in [1.82, 2.24) is 5.32 Å². The van der Waals surface area contributed by atoms with E-state index in [9.17, 15) is 4.79 Å². The summed E-state index contributed by atoms with van der Waals surface area (Å²) in [6.07, 6.45) is 5.14. The van der Waals surface area contributed by atoms with Gasteiger partial charge in [0.1, 0.15) is 0 Å². The first-order chi connectivity index (χ1) is 8.75. The molecule has 0 aliphatic heterocycles. The standard InChI is InChI=1S/C15H22N2O/c1-12(13-7-5-6-8-13)17-15(18)11-16-14-9-3-2-4-10-14/h2-4,9-10,12-13,16H,5-8,11H2,1H3,(H,17,18)/t12-/m0/s1. The van der Waals surface area contributed by atoms with Gasteiger partial charge in [-0.1, -0.05) is 31.0 Å². The third kappa shape index (κ3) is 3.76. The van der Waals surface area contributed by atoms with Gasteiger partial charge in [0.2, 0.25) is 5.91 Å². The van der Waals surface area contributed by atoms with Crippen molar-refractivity contribution in [3.63, 3.8) is 0 Å². The van der Waals surface area contributed by atoms with E-state index in [1.165, 1.54) is 25.7 Å². The van der Waals surface area contributed by atoms with Gasteiger partial charge in [-0.2, -0.15) is 0 Å². The van der Waals surface area contributed by atoms with Gasteiger partial charge in [-0.15, -0.1) is 0 Å². The highest BCUT2D eigenvalue weighted by molar-refractivity contribution is 5.80. The predicted octanol–water partition coefficient (Wildman–Crippen LogP) is 2.79. The van der Waals surface area contributed by atoms with E-state index in [0.29, 0.717) is 18.5 Å². The van der Waals surface area contributed by atoms with Gasteiger partial charge in [-0.25, -0.2) is 0 Å². The molecule has 18 heavy (non-hydrogen) atoms. The molecule has 1 fully saturated rings. The summed E-state index contributed by atoms with van der Waals surface area (Å²) in [6, 6.07) is 10.1. The lowest BCUT2D eigenvalue weighted by Gasteiger charge is -2.20. The molecule has 1 aliphatic rings. The highest BCUT2D eigenvalue weighted by Gasteiger charge is 2.22. The summed E-state index contributed by atoms with van der Waals surface area (Å²) in [5.41, 5.74) is 0.987. The van der Waals surface area contributed by atoms with Crippen molar-refractivity contribution in [3.8, 4) is 0 Å². The second-order valence-corrected chi connectivity index (χ2v) is 5.12. The predicted molar refractivity (Wildman–Crippen MR) is 74.5 cm³/mol. The molecule has 0 radical (unpaired) electrons. The zero-order chi connectivity index (χ0) is 12.8. The monoisotopic (exact) mass is 246 g/mol. The third-order valence-electron chi connectivity index (χ3n) is 3.72. The van der Waals surface area contributed by atoms with Gasteiger partial charge in [0, 0.05) is 11.7 Å². The summed E-state index contributed by atoms with van der Waals surface area (Å²) in [7, 11) is 0. The lowest BCUT2D eigenvalue weighted by molar-refractivity contribution is -0.120. The second kappa shape index (κ2) is 6.43. The Balaban J connectivity index is 1.71. The minimum absolute atomic E-state index is 0.0817. The largest absolute Gasteiger partial charge is 0.376 e. The lowest BCUT2D eigenvalue weighted by atomic mass is 10.00. The fourth-order valence-corrected chi connectivity index (χ4v) is 2.62. The van der Waals surface area contributed by atoms with E-state index in [1.54, 1.807) is 0 Å². The Bertz CT molecular complexity index is 371. The molecular weight excluding hydrogens is 224 g/mol. The molecule has 1 saturated carbocycles. The van der Waals surface area contributed by atoms with Crippen LogP contribution in [0.2, 0.25) is 0 Å². The van der Waals surface area contributed by atoms with E-state index in [-0.39, 0.29) is 5.91 Å². The Morgan fingerprint density at radius 1 is 1.28 bits per heavy atom. The summed E-state index contributed by atoms with van der Waals surface area (Å²) in [5, 5.41) is 6.22. The van der Waals surface area contributed by atoms with Crippen molar-refractivity contribution in [3.05, 3.63) is 30.3 Å². The SMILES string of the molecule is C[C@H](NC(=O)CNc1ccccc1)C1CCCC1. The zero-order valence-corrected chi connectivity index (χ0v) is 11.0. The summed E-state index contributed by atoms with van der Waals surface area (Å²) < 4.78 is 0. The van der Waals surface area contributed by atoms with E-state index >= 15 is 0 Å². The molecular formula is C15H22N2O. The number of carbonyl (C=O) groups excluding carboxylic acids is 1. The molecule has 1 aromatic rings. The van der Waals surface area contributed by atoms with Crippen LogP contribution in [0.15, 0.2) is 30.3 Å². The Morgan fingerprint density at radius 3 is 2.61 bits per heavy atom. The molecule has 0 bridgehead atoms. The van der Waals surface area contributed by atoms with Crippen molar-refractivity contribution in [2.45, 2.75) is 38.6 Å². The van der Waals surface area contributed by atoms with Crippen molar-refractivity contribution in [2.24, 2.45) is 5.92 Å². The smallest absolute Gasteiger partial charge is 0.239 e. The maximum atomic E-state index is 11.8. The number of carbonyl (C=O) groups is 1. The number of hydrogen-bond acceptors (Lipinski definition) is 2. The number of nitrogens with one attached hydrogen (secondary N) is 2. The Labute approximate surface area is 109 Å². The zero-order valence-electron chi connectivity index (χ0n) is 11.0. The Morgan fingerprint density at radius 2 is 1.94 bits per heavy atom. The molecule has 0 saturated heterocycles. The van der Waals surface area contributed by atoms with Gasteiger partial charge in [-0.3, -0.25) is 4.79 Å². The van der Waals surface area contributed by atoms with E-state index in [4.69, 9.17) is 0 Å².